The number of nitrogens with one attached hydrogen (secondary N) is 1. The molecule has 2 atom stereocenters. The van der Waals surface area contributed by atoms with Crippen molar-refractivity contribution in [1.29, 1.82) is 0 Å². The van der Waals surface area contributed by atoms with E-state index in [0.29, 0.717) is 30.5 Å². The van der Waals surface area contributed by atoms with Crippen LogP contribution in [0, 0.1) is 17.0 Å². The smallest absolute Gasteiger partial charge is 0.329 e. The van der Waals surface area contributed by atoms with Crippen LogP contribution >= 0.6 is 12.4 Å². The minimum absolute atomic E-state index is 0. The number of rotatable bonds is 4. The molecule has 0 spiro atoms. The van der Waals surface area contributed by atoms with Crippen molar-refractivity contribution in [1.82, 2.24) is 10.2 Å². The van der Waals surface area contributed by atoms with E-state index in [-0.39, 0.29) is 48.3 Å². The Kier molecular flexibility index (Phi) is 6.85. The number of amides is 4. The van der Waals surface area contributed by atoms with Gasteiger partial charge in [0.05, 0.1) is 5.69 Å². The second kappa shape index (κ2) is 8.62. The largest absolute Gasteiger partial charge is 0.342 e. The zero-order chi connectivity index (χ0) is 20.6. The number of urea groups is 1. The molecule has 2 fully saturated rings. The highest BCUT2D eigenvalue weighted by atomic mass is 35.5. The van der Waals surface area contributed by atoms with Crippen LogP contribution in [0.1, 0.15) is 33.1 Å². The Balaban J connectivity index is 0.00000300. The fourth-order valence-electron chi connectivity index (χ4n) is 3.63. The molecule has 2 unspecified atom stereocenters. The zero-order valence-electron chi connectivity index (χ0n) is 16.3. The van der Waals surface area contributed by atoms with Crippen molar-refractivity contribution in [2.75, 3.05) is 18.0 Å². The number of likely N-dealkylation sites (tertiary alicyclic amines) is 1. The van der Waals surface area contributed by atoms with Crippen molar-refractivity contribution in [2.24, 2.45) is 11.1 Å². The molecule has 2 heterocycles. The average Bonchev–Trinajstić information content (AvgIpc) is 2.89. The Hall–Kier alpha value is -2.26. The molecule has 0 radical (unpaired) electrons. The third-order valence-electron chi connectivity index (χ3n) is 5.48. The highest BCUT2D eigenvalue weighted by molar-refractivity contribution is 6.21. The lowest BCUT2D eigenvalue weighted by Gasteiger charge is -2.42. The number of hydrogen-bond acceptors (Lipinski definition) is 4. The summed E-state index contributed by atoms with van der Waals surface area (Å²) in [4.78, 5) is 39.6. The second-order valence-electron chi connectivity index (χ2n) is 8.01. The highest BCUT2D eigenvalue weighted by Crippen LogP contribution is 2.29. The molecule has 1 aromatic rings. The number of hydrogen-bond donors (Lipinski definition) is 2. The van der Waals surface area contributed by atoms with Gasteiger partial charge in [-0.05, 0) is 30.4 Å². The van der Waals surface area contributed by atoms with Crippen molar-refractivity contribution in [3.63, 3.8) is 0 Å². The Morgan fingerprint density at radius 1 is 1.31 bits per heavy atom. The summed E-state index contributed by atoms with van der Waals surface area (Å²) in [5.74, 6) is -2.59. The van der Waals surface area contributed by atoms with Gasteiger partial charge in [0, 0.05) is 31.6 Å². The van der Waals surface area contributed by atoms with Crippen LogP contribution in [0.2, 0.25) is 0 Å². The molecular formula is C19H25ClF2N4O3. The van der Waals surface area contributed by atoms with Crippen LogP contribution in [0.15, 0.2) is 18.2 Å². The summed E-state index contributed by atoms with van der Waals surface area (Å²) in [7, 11) is 0. The quantitative estimate of drug-likeness (QED) is 0.715. The van der Waals surface area contributed by atoms with Gasteiger partial charge >= 0.3 is 6.03 Å². The van der Waals surface area contributed by atoms with E-state index in [0.717, 1.165) is 12.1 Å². The van der Waals surface area contributed by atoms with Gasteiger partial charge < -0.3 is 16.0 Å². The predicted octanol–water partition coefficient (Wildman–Crippen LogP) is 2.18. The monoisotopic (exact) mass is 430 g/mol. The van der Waals surface area contributed by atoms with Gasteiger partial charge in [0.15, 0.2) is 0 Å². The van der Waals surface area contributed by atoms with Gasteiger partial charge in [-0.15, -0.1) is 12.4 Å². The van der Waals surface area contributed by atoms with Gasteiger partial charge in [0.2, 0.25) is 5.91 Å². The first-order chi connectivity index (χ1) is 13.1. The lowest BCUT2D eigenvalue weighted by atomic mass is 9.79. The van der Waals surface area contributed by atoms with E-state index in [2.05, 4.69) is 5.32 Å². The van der Waals surface area contributed by atoms with Crippen molar-refractivity contribution in [3.05, 3.63) is 29.8 Å². The Morgan fingerprint density at radius 2 is 2.00 bits per heavy atom. The van der Waals surface area contributed by atoms with Gasteiger partial charge in [0.25, 0.3) is 5.91 Å². The Labute approximate surface area is 174 Å². The third kappa shape index (κ3) is 4.67. The number of imide groups is 1. The van der Waals surface area contributed by atoms with E-state index in [1.165, 1.54) is 0 Å². The average molecular weight is 431 g/mol. The number of anilines is 1. The van der Waals surface area contributed by atoms with Gasteiger partial charge in [-0.25, -0.2) is 18.5 Å². The summed E-state index contributed by atoms with van der Waals surface area (Å²) in [5.41, 5.74) is 5.58. The Morgan fingerprint density at radius 3 is 2.62 bits per heavy atom. The first-order valence-corrected chi connectivity index (χ1v) is 9.23. The van der Waals surface area contributed by atoms with E-state index in [1.54, 1.807) is 4.90 Å². The SMILES string of the molecule is CC1(C)CN(C(=O)CCC2NC(=O)N(c3ccc(F)cc3F)C2=O)CCC1N.Cl. The van der Waals surface area contributed by atoms with Crippen molar-refractivity contribution in [2.45, 2.75) is 45.2 Å². The number of nitrogens with two attached hydrogens (primary N) is 1. The van der Waals surface area contributed by atoms with E-state index in [9.17, 15) is 23.2 Å². The number of piperidine rings is 1. The van der Waals surface area contributed by atoms with Crippen LogP contribution in [0.5, 0.6) is 0 Å². The molecule has 2 aliphatic rings. The van der Waals surface area contributed by atoms with E-state index in [4.69, 9.17) is 5.73 Å². The topological polar surface area (TPSA) is 95.7 Å². The van der Waals surface area contributed by atoms with E-state index >= 15 is 0 Å². The lowest BCUT2D eigenvalue weighted by Crippen LogP contribution is -2.54. The lowest BCUT2D eigenvalue weighted by molar-refractivity contribution is -0.134. The van der Waals surface area contributed by atoms with Crippen molar-refractivity contribution in [3.8, 4) is 0 Å². The minimum Gasteiger partial charge on any atom is -0.342 e. The number of carbonyl (C=O) groups is 3. The fourth-order valence-corrected chi connectivity index (χ4v) is 3.63. The number of nitrogens with zero attached hydrogens (tertiary/aromatic N) is 2. The summed E-state index contributed by atoms with van der Waals surface area (Å²) in [5, 5.41) is 2.46. The number of carbonyl (C=O) groups excluding carboxylic acids is 3. The molecule has 1 aromatic carbocycles. The first-order valence-electron chi connectivity index (χ1n) is 9.23. The molecule has 3 N–H and O–H groups in total. The van der Waals surface area contributed by atoms with Gasteiger partial charge in [-0.1, -0.05) is 13.8 Å². The molecule has 0 saturated carbocycles. The van der Waals surface area contributed by atoms with Gasteiger partial charge in [0.1, 0.15) is 17.7 Å². The maximum atomic E-state index is 14.0. The summed E-state index contributed by atoms with van der Waals surface area (Å²) < 4.78 is 27.0. The highest BCUT2D eigenvalue weighted by Gasteiger charge is 2.41. The molecule has 7 nitrogen and oxygen atoms in total. The summed E-state index contributed by atoms with van der Waals surface area (Å²) >= 11 is 0. The van der Waals surface area contributed by atoms with E-state index in [1.807, 2.05) is 13.8 Å². The van der Waals surface area contributed by atoms with Crippen molar-refractivity contribution < 1.29 is 23.2 Å². The molecule has 2 aliphatic heterocycles. The normalized spacial score (nSPS) is 23.6. The summed E-state index contributed by atoms with van der Waals surface area (Å²) in [6.07, 6.45) is 0.878. The summed E-state index contributed by atoms with van der Waals surface area (Å²) in [6, 6.07) is 0.911. The molecular weight excluding hydrogens is 406 g/mol. The van der Waals surface area contributed by atoms with Crippen molar-refractivity contribution >= 4 is 35.9 Å². The molecule has 160 valence electrons. The third-order valence-corrected chi connectivity index (χ3v) is 5.48. The number of halogens is 3. The molecule has 0 aliphatic carbocycles. The maximum absolute atomic E-state index is 14.0. The zero-order valence-corrected chi connectivity index (χ0v) is 17.1. The van der Waals surface area contributed by atoms with Crippen LogP contribution in [0.4, 0.5) is 19.3 Å². The fraction of sp³-hybridized carbons (Fsp3) is 0.526. The second-order valence-corrected chi connectivity index (χ2v) is 8.01. The molecule has 4 amide bonds. The molecule has 0 bridgehead atoms. The first kappa shape index (κ1) is 23.0. The van der Waals surface area contributed by atoms with Gasteiger partial charge in [-0.3, -0.25) is 9.59 Å². The van der Waals surface area contributed by atoms with Crippen LogP contribution in [0.3, 0.4) is 0 Å². The number of benzene rings is 1. The molecule has 29 heavy (non-hydrogen) atoms. The van der Waals surface area contributed by atoms with E-state index < -0.39 is 29.6 Å². The predicted molar refractivity (Wildman–Crippen MR) is 106 cm³/mol. The standard InChI is InChI=1S/C19H24F2N4O3.ClH/c1-19(2)10-24(8-7-15(19)22)16(26)6-4-13-17(27)25(18(28)23-13)14-5-3-11(20)9-12(14)21;/h3,5,9,13,15H,4,6-8,10,22H2,1-2H3,(H,23,28);1H. The molecule has 2 saturated heterocycles. The maximum Gasteiger partial charge on any atom is 0.329 e. The Bertz CT molecular complexity index is 821. The summed E-state index contributed by atoms with van der Waals surface area (Å²) in [6.45, 7) is 5.10. The van der Waals surface area contributed by atoms with Gasteiger partial charge in [-0.2, -0.15) is 0 Å². The van der Waals surface area contributed by atoms with Crippen LogP contribution < -0.4 is 16.0 Å². The minimum atomic E-state index is -1.01. The molecule has 0 aromatic heterocycles. The molecule has 3 rings (SSSR count). The van der Waals surface area contributed by atoms with Crippen LogP contribution in [-0.2, 0) is 9.59 Å². The van der Waals surface area contributed by atoms with Crippen LogP contribution in [0.25, 0.3) is 0 Å². The van der Waals surface area contributed by atoms with Crippen LogP contribution in [-0.4, -0.2) is 47.9 Å². The molecule has 10 heteroatoms.